The molecule has 3 nitrogen and oxygen atoms in total. The topological polar surface area (TPSA) is 42.2 Å². The summed E-state index contributed by atoms with van der Waals surface area (Å²) < 4.78 is 4.31. The van der Waals surface area contributed by atoms with Crippen LogP contribution >= 0.6 is 11.5 Å². The van der Waals surface area contributed by atoms with E-state index in [0.717, 1.165) is 12.4 Å². The van der Waals surface area contributed by atoms with Gasteiger partial charge in [-0.2, -0.15) is 4.37 Å². The lowest BCUT2D eigenvalue weighted by Gasteiger charge is -2.27. The predicted octanol–water partition coefficient (Wildman–Crippen LogP) is 3.09. The minimum absolute atomic E-state index is 0.300. The van der Waals surface area contributed by atoms with Gasteiger partial charge in [-0.25, -0.2) is 0 Å². The Hall–Kier alpha value is -0.770. The molecular weight excluding hydrogens is 218 g/mol. The fourth-order valence-corrected chi connectivity index (χ4v) is 2.97. The first-order chi connectivity index (χ1) is 7.38. The van der Waals surface area contributed by atoms with E-state index in [1.165, 1.54) is 23.4 Å². The molecule has 0 atom stereocenters. The Morgan fingerprint density at radius 2 is 2.06 bits per heavy atom. The van der Waals surface area contributed by atoms with Crippen molar-refractivity contribution in [3.05, 3.63) is 5.56 Å². The highest BCUT2D eigenvalue weighted by Gasteiger charge is 2.32. The van der Waals surface area contributed by atoms with Gasteiger partial charge in [0.2, 0.25) is 0 Å². The van der Waals surface area contributed by atoms with E-state index in [0.29, 0.717) is 11.3 Å². The molecule has 1 aromatic rings. The van der Waals surface area contributed by atoms with Crippen molar-refractivity contribution in [2.24, 2.45) is 5.41 Å². The minimum Gasteiger partial charge on any atom is -0.383 e. The Kier molecular flexibility index (Phi) is 2.86. The maximum absolute atomic E-state index is 5.96. The Labute approximate surface area is 102 Å². The van der Waals surface area contributed by atoms with Gasteiger partial charge in [0.1, 0.15) is 10.8 Å². The lowest BCUT2D eigenvalue weighted by molar-refractivity contribution is 0.419. The fraction of sp³-hybridized carbons (Fsp3) is 0.750. The monoisotopic (exact) mass is 239 g/mol. The van der Waals surface area contributed by atoms with E-state index in [1.54, 1.807) is 11.5 Å². The van der Waals surface area contributed by atoms with Crippen LogP contribution in [0.3, 0.4) is 0 Å². The van der Waals surface area contributed by atoms with E-state index in [4.69, 9.17) is 5.73 Å². The van der Waals surface area contributed by atoms with E-state index in [2.05, 4.69) is 37.1 Å². The molecule has 0 amide bonds. The molecule has 0 saturated heterocycles. The highest BCUT2D eigenvalue weighted by Crippen LogP contribution is 2.48. The molecule has 1 fully saturated rings. The van der Waals surface area contributed by atoms with E-state index in [9.17, 15) is 0 Å². The Bertz CT molecular complexity index is 374. The van der Waals surface area contributed by atoms with Crippen LogP contribution in [0.25, 0.3) is 0 Å². The summed E-state index contributed by atoms with van der Waals surface area (Å²) >= 11 is 1.54. The first-order valence-electron chi connectivity index (χ1n) is 5.84. The number of hydrogen-bond acceptors (Lipinski definition) is 4. The lowest BCUT2D eigenvalue weighted by atomic mass is 9.96. The highest BCUT2D eigenvalue weighted by atomic mass is 32.1. The highest BCUT2D eigenvalue weighted by molar-refractivity contribution is 7.10. The van der Waals surface area contributed by atoms with E-state index < -0.39 is 0 Å². The van der Waals surface area contributed by atoms with Crippen molar-refractivity contribution < 1.29 is 0 Å². The first kappa shape index (κ1) is 11.7. The van der Waals surface area contributed by atoms with Crippen molar-refractivity contribution in [1.29, 1.82) is 0 Å². The van der Waals surface area contributed by atoms with Crippen LogP contribution in [0.15, 0.2) is 0 Å². The lowest BCUT2D eigenvalue weighted by Crippen LogP contribution is -2.29. The van der Waals surface area contributed by atoms with Gasteiger partial charge in [-0.05, 0) is 35.7 Å². The maximum Gasteiger partial charge on any atom is 0.142 e. The summed E-state index contributed by atoms with van der Waals surface area (Å²) in [5.41, 5.74) is 7.56. The molecule has 2 N–H and O–H groups in total. The summed E-state index contributed by atoms with van der Waals surface area (Å²) in [5.74, 6) is 1.43. The fourth-order valence-electron chi connectivity index (χ4n) is 2.11. The standard InChI is InChI=1S/C12H21N3S/c1-12(2,3)7-15(4)11-9(8-5-6-8)10(13)14-16-11/h8H,5-7H2,1-4H3,(H2,13,14). The van der Waals surface area contributed by atoms with E-state index in [-0.39, 0.29) is 0 Å². The van der Waals surface area contributed by atoms with Gasteiger partial charge in [-0.3, -0.25) is 0 Å². The molecule has 90 valence electrons. The molecule has 0 aromatic carbocycles. The van der Waals surface area contributed by atoms with Crippen LogP contribution in [0.2, 0.25) is 0 Å². The minimum atomic E-state index is 0.300. The number of aromatic nitrogens is 1. The molecule has 1 aromatic heterocycles. The van der Waals surface area contributed by atoms with E-state index >= 15 is 0 Å². The second-order valence-electron chi connectivity index (χ2n) is 5.98. The van der Waals surface area contributed by atoms with Gasteiger partial charge in [0, 0.05) is 19.2 Å². The van der Waals surface area contributed by atoms with Gasteiger partial charge >= 0.3 is 0 Å². The summed E-state index contributed by atoms with van der Waals surface area (Å²) in [6.45, 7) is 7.80. The third kappa shape index (κ3) is 2.48. The quantitative estimate of drug-likeness (QED) is 0.881. The molecule has 1 saturated carbocycles. The van der Waals surface area contributed by atoms with Crippen LogP contribution in [-0.2, 0) is 0 Å². The zero-order chi connectivity index (χ0) is 11.9. The van der Waals surface area contributed by atoms with Crippen molar-refractivity contribution in [1.82, 2.24) is 4.37 Å². The maximum atomic E-state index is 5.96. The normalized spacial score (nSPS) is 16.5. The number of anilines is 2. The van der Waals surface area contributed by atoms with Crippen LogP contribution in [0, 0.1) is 5.41 Å². The molecule has 0 radical (unpaired) electrons. The van der Waals surface area contributed by atoms with Gasteiger partial charge in [0.05, 0.1) is 0 Å². The zero-order valence-electron chi connectivity index (χ0n) is 10.6. The van der Waals surface area contributed by atoms with Crippen molar-refractivity contribution in [2.45, 2.75) is 39.5 Å². The average Bonchev–Trinajstić information content (AvgIpc) is 2.87. The third-order valence-corrected chi connectivity index (χ3v) is 3.77. The van der Waals surface area contributed by atoms with Gasteiger partial charge in [0.25, 0.3) is 0 Å². The average molecular weight is 239 g/mol. The van der Waals surface area contributed by atoms with Crippen molar-refractivity contribution in [3.63, 3.8) is 0 Å². The molecule has 4 heteroatoms. The first-order valence-corrected chi connectivity index (χ1v) is 6.62. The number of nitrogen functional groups attached to an aromatic ring is 1. The molecule has 1 aliphatic carbocycles. The van der Waals surface area contributed by atoms with Crippen molar-refractivity contribution in [3.8, 4) is 0 Å². The SMILES string of the molecule is CN(CC(C)(C)C)c1snc(N)c1C1CC1. The molecule has 0 spiro atoms. The number of nitrogens with zero attached hydrogens (tertiary/aromatic N) is 2. The summed E-state index contributed by atoms with van der Waals surface area (Å²) in [7, 11) is 2.14. The second kappa shape index (κ2) is 3.91. The summed E-state index contributed by atoms with van der Waals surface area (Å²) in [4.78, 5) is 2.31. The zero-order valence-corrected chi connectivity index (χ0v) is 11.4. The van der Waals surface area contributed by atoms with Crippen LogP contribution in [0.1, 0.15) is 45.1 Å². The van der Waals surface area contributed by atoms with Gasteiger partial charge in [-0.1, -0.05) is 20.8 Å². The third-order valence-electron chi connectivity index (χ3n) is 2.78. The molecule has 0 aliphatic heterocycles. The molecule has 0 bridgehead atoms. The van der Waals surface area contributed by atoms with Gasteiger partial charge in [0.15, 0.2) is 0 Å². The molecule has 16 heavy (non-hydrogen) atoms. The summed E-state index contributed by atoms with van der Waals surface area (Å²) in [6.07, 6.45) is 2.55. The van der Waals surface area contributed by atoms with Crippen LogP contribution in [0.5, 0.6) is 0 Å². The summed E-state index contributed by atoms with van der Waals surface area (Å²) in [5, 5.41) is 1.27. The van der Waals surface area contributed by atoms with Gasteiger partial charge < -0.3 is 10.6 Å². The van der Waals surface area contributed by atoms with Crippen LogP contribution in [0.4, 0.5) is 10.8 Å². The molecule has 2 rings (SSSR count). The van der Waals surface area contributed by atoms with Crippen molar-refractivity contribution in [2.75, 3.05) is 24.2 Å². The predicted molar refractivity (Wildman–Crippen MR) is 71.2 cm³/mol. The van der Waals surface area contributed by atoms with Crippen LogP contribution in [-0.4, -0.2) is 18.0 Å². The summed E-state index contributed by atoms with van der Waals surface area (Å²) in [6, 6.07) is 0. The Morgan fingerprint density at radius 3 is 2.56 bits per heavy atom. The van der Waals surface area contributed by atoms with Gasteiger partial charge in [-0.15, -0.1) is 0 Å². The molecular formula is C12H21N3S. The van der Waals surface area contributed by atoms with Crippen molar-refractivity contribution >= 4 is 22.4 Å². The largest absolute Gasteiger partial charge is 0.383 e. The smallest absolute Gasteiger partial charge is 0.142 e. The number of hydrogen-bond donors (Lipinski definition) is 1. The Morgan fingerprint density at radius 1 is 1.44 bits per heavy atom. The molecule has 1 aliphatic rings. The Balaban J connectivity index is 2.19. The van der Waals surface area contributed by atoms with E-state index in [1.807, 2.05) is 0 Å². The van der Waals surface area contributed by atoms with Crippen LogP contribution < -0.4 is 10.6 Å². The second-order valence-corrected chi connectivity index (χ2v) is 6.73. The number of nitrogens with two attached hydrogens (primary N) is 1. The number of rotatable bonds is 3. The molecule has 1 heterocycles. The molecule has 0 unspecified atom stereocenters.